The van der Waals surface area contributed by atoms with Gasteiger partial charge >= 0.3 is 0 Å². The van der Waals surface area contributed by atoms with Gasteiger partial charge in [-0.3, -0.25) is 19.5 Å². The summed E-state index contributed by atoms with van der Waals surface area (Å²) >= 11 is 0. The van der Waals surface area contributed by atoms with E-state index in [0.717, 1.165) is 0 Å². The van der Waals surface area contributed by atoms with E-state index in [-0.39, 0.29) is 5.69 Å². The first kappa shape index (κ1) is 23.6. The molecule has 176 valence electrons. The quantitative estimate of drug-likeness (QED) is 0.390. The Bertz CT molecular complexity index is 1270. The zero-order chi connectivity index (χ0) is 24.6. The van der Waals surface area contributed by atoms with Gasteiger partial charge in [0.15, 0.2) is 0 Å². The number of halogens is 1. The van der Waals surface area contributed by atoms with Crippen molar-refractivity contribution in [2.45, 2.75) is 13.0 Å². The van der Waals surface area contributed by atoms with Gasteiger partial charge in [0.2, 0.25) is 0 Å². The van der Waals surface area contributed by atoms with Crippen molar-refractivity contribution in [3.8, 4) is 5.75 Å². The molecule has 0 radical (unpaired) electrons. The summed E-state index contributed by atoms with van der Waals surface area (Å²) in [5, 5.41) is 2.80. The molecule has 0 spiro atoms. The number of nitrogens with one attached hydrogen (secondary N) is 1. The standard InChI is InChI=1S/C27H23FN4O3/c1-2-35-23-14-8-19(9-15-23)25(26(33)31-21-12-10-20(28)11-13-21)32(22-6-4-3-5-7-22)27(34)24-18-29-16-17-30-24/h3-18,25H,2H2,1H3,(H,31,33). The van der Waals surface area contributed by atoms with Crippen LogP contribution in [0.3, 0.4) is 0 Å². The lowest BCUT2D eigenvalue weighted by Gasteiger charge is -2.31. The maximum Gasteiger partial charge on any atom is 0.279 e. The molecule has 4 rings (SSSR count). The Morgan fingerprint density at radius 3 is 2.31 bits per heavy atom. The van der Waals surface area contributed by atoms with E-state index >= 15 is 0 Å². The summed E-state index contributed by atoms with van der Waals surface area (Å²) < 4.78 is 18.9. The minimum atomic E-state index is -1.08. The van der Waals surface area contributed by atoms with Crippen molar-refractivity contribution in [3.63, 3.8) is 0 Å². The summed E-state index contributed by atoms with van der Waals surface area (Å²) in [5.41, 5.74) is 1.53. The van der Waals surface area contributed by atoms with Gasteiger partial charge in [0.1, 0.15) is 23.3 Å². The van der Waals surface area contributed by atoms with Crippen LogP contribution in [0.1, 0.15) is 29.0 Å². The number of nitrogens with zero attached hydrogens (tertiary/aromatic N) is 3. The number of amides is 2. The number of carbonyl (C=O) groups is 2. The van der Waals surface area contributed by atoms with E-state index in [4.69, 9.17) is 4.74 Å². The lowest BCUT2D eigenvalue weighted by atomic mass is 10.0. The molecule has 0 saturated heterocycles. The van der Waals surface area contributed by atoms with Gasteiger partial charge in [-0.2, -0.15) is 0 Å². The lowest BCUT2D eigenvalue weighted by molar-refractivity contribution is -0.117. The van der Waals surface area contributed by atoms with Crippen molar-refractivity contribution in [3.05, 3.63) is 115 Å². The fourth-order valence-corrected chi connectivity index (χ4v) is 3.58. The number of ether oxygens (including phenoxy) is 1. The monoisotopic (exact) mass is 470 g/mol. The molecule has 0 saturated carbocycles. The molecule has 0 aliphatic rings. The molecule has 0 aliphatic carbocycles. The normalized spacial score (nSPS) is 11.4. The smallest absolute Gasteiger partial charge is 0.279 e. The summed E-state index contributed by atoms with van der Waals surface area (Å²) in [6.45, 7) is 2.37. The molecular formula is C27H23FN4O3. The summed E-state index contributed by atoms with van der Waals surface area (Å²) in [6, 6.07) is 20.1. The summed E-state index contributed by atoms with van der Waals surface area (Å²) in [7, 11) is 0. The Morgan fingerprint density at radius 2 is 1.69 bits per heavy atom. The molecular weight excluding hydrogens is 447 g/mol. The van der Waals surface area contributed by atoms with E-state index in [9.17, 15) is 14.0 Å². The Morgan fingerprint density at radius 1 is 0.971 bits per heavy atom. The van der Waals surface area contributed by atoms with E-state index in [2.05, 4.69) is 15.3 Å². The molecule has 1 aromatic heterocycles. The van der Waals surface area contributed by atoms with Crippen LogP contribution in [-0.4, -0.2) is 28.4 Å². The number of anilines is 2. The van der Waals surface area contributed by atoms with Gasteiger partial charge in [-0.05, 0) is 61.0 Å². The average molecular weight is 471 g/mol. The highest BCUT2D eigenvalue weighted by molar-refractivity contribution is 6.11. The second-order valence-corrected chi connectivity index (χ2v) is 7.50. The van der Waals surface area contributed by atoms with Crippen LogP contribution in [0, 0.1) is 5.82 Å². The number of rotatable bonds is 8. The molecule has 0 aliphatic heterocycles. The maximum atomic E-state index is 13.7. The first-order chi connectivity index (χ1) is 17.1. The van der Waals surface area contributed by atoms with Crippen LogP contribution in [0.5, 0.6) is 5.75 Å². The Hall–Kier alpha value is -4.59. The Kier molecular flexibility index (Phi) is 7.42. The van der Waals surface area contributed by atoms with Crippen molar-refractivity contribution in [2.24, 2.45) is 0 Å². The van der Waals surface area contributed by atoms with Gasteiger partial charge in [0.05, 0.1) is 12.8 Å². The van der Waals surface area contributed by atoms with Crippen LogP contribution < -0.4 is 15.0 Å². The van der Waals surface area contributed by atoms with Gasteiger partial charge in [0, 0.05) is 23.8 Å². The van der Waals surface area contributed by atoms with Crippen molar-refractivity contribution in [1.29, 1.82) is 0 Å². The fraction of sp³-hybridized carbons (Fsp3) is 0.111. The summed E-state index contributed by atoms with van der Waals surface area (Å²) in [4.78, 5) is 36.9. The van der Waals surface area contributed by atoms with Crippen molar-refractivity contribution in [1.82, 2.24) is 9.97 Å². The molecule has 7 nitrogen and oxygen atoms in total. The first-order valence-electron chi connectivity index (χ1n) is 11.0. The number of para-hydroxylation sites is 1. The number of aromatic nitrogens is 2. The molecule has 8 heteroatoms. The summed E-state index contributed by atoms with van der Waals surface area (Å²) in [6.07, 6.45) is 4.24. The topological polar surface area (TPSA) is 84.4 Å². The van der Waals surface area contributed by atoms with E-state index < -0.39 is 23.7 Å². The highest BCUT2D eigenvalue weighted by Crippen LogP contribution is 2.31. The van der Waals surface area contributed by atoms with Gasteiger partial charge in [0.25, 0.3) is 11.8 Å². The minimum Gasteiger partial charge on any atom is -0.494 e. The zero-order valence-corrected chi connectivity index (χ0v) is 19.0. The van der Waals surface area contributed by atoms with Crippen LogP contribution in [0.4, 0.5) is 15.8 Å². The van der Waals surface area contributed by atoms with Crippen LogP contribution in [0.2, 0.25) is 0 Å². The number of benzene rings is 3. The zero-order valence-electron chi connectivity index (χ0n) is 19.0. The van der Waals surface area contributed by atoms with Crippen molar-refractivity contribution >= 4 is 23.2 Å². The second-order valence-electron chi connectivity index (χ2n) is 7.50. The number of carbonyl (C=O) groups excluding carboxylic acids is 2. The van der Waals surface area contributed by atoms with E-state index in [0.29, 0.717) is 29.3 Å². The second kappa shape index (κ2) is 11.0. The highest BCUT2D eigenvalue weighted by atomic mass is 19.1. The number of hydrogen-bond acceptors (Lipinski definition) is 5. The molecule has 0 bridgehead atoms. The highest BCUT2D eigenvalue weighted by Gasteiger charge is 2.34. The molecule has 0 fully saturated rings. The SMILES string of the molecule is CCOc1ccc(C(C(=O)Nc2ccc(F)cc2)N(C(=O)c2cnccn2)c2ccccc2)cc1. The molecule has 4 aromatic rings. The minimum absolute atomic E-state index is 0.0851. The van der Waals surface area contributed by atoms with Gasteiger partial charge in [-0.1, -0.05) is 30.3 Å². The summed E-state index contributed by atoms with van der Waals surface area (Å²) in [5.74, 6) is -0.769. The van der Waals surface area contributed by atoms with E-state index in [1.54, 1.807) is 48.5 Å². The van der Waals surface area contributed by atoms with Crippen LogP contribution in [-0.2, 0) is 4.79 Å². The molecule has 1 heterocycles. The Balaban J connectivity index is 1.81. The third-order valence-electron chi connectivity index (χ3n) is 5.16. The van der Waals surface area contributed by atoms with Crippen LogP contribution in [0.25, 0.3) is 0 Å². The predicted molar refractivity (Wildman–Crippen MR) is 131 cm³/mol. The Labute approximate surface area is 202 Å². The molecule has 3 aromatic carbocycles. The molecule has 1 unspecified atom stereocenters. The maximum absolute atomic E-state index is 13.7. The van der Waals surface area contributed by atoms with Gasteiger partial charge in [-0.25, -0.2) is 9.37 Å². The third-order valence-corrected chi connectivity index (χ3v) is 5.16. The van der Waals surface area contributed by atoms with Gasteiger partial charge in [-0.15, -0.1) is 0 Å². The predicted octanol–water partition coefficient (Wildman–Crippen LogP) is 5.04. The first-order valence-corrected chi connectivity index (χ1v) is 11.0. The van der Waals surface area contributed by atoms with E-state index in [1.165, 1.54) is 47.8 Å². The van der Waals surface area contributed by atoms with Crippen LogP contribution >= 0.6 is 0 Å². The number of hydrogen-bond donors (Lipinski definition) is 1. The molecule has 2 amide bonds. The van der Waals surface area contributed by atoms with Crippen molar-refractivity contribution in [2.75, 3.05) is 16.8 Å². The lowest BCUT2D eigenvalue weighted by Crippen LogP contribution is -2.42. The fourth-order valence-electron chi connectivity index (χ4n) is 3.58. The van der Waals surface area contributed by atoms with Crippen LogP contribution in [0.15, 0.2) is 97.5 Å². The molecule has 1 N–H and O–H groups in total. The largest absolute Gasteiger partial charge is 0.494 e. The average Bonchev–Trinajstić information content (AvgIpc) is 2.90. The third kappa shape index (κ3) is 5.67. The molecule has 35 heavy (non-hydrogen) atoms. The molecule has 1 atom stereocenters. The van der Waals surface area contributed by atoms with Crippen molar-refractivity contribution < 1.29 is 18.7 Å². The van der Waals surface area contributed by atoms with E-state index in [1.807, 2.05) is 13.0 Å². The van der Waals surface area contributed by atoms with Gasteiger partial charge < -0.3 is 10.1 Å².